The van der Waals surface area contributed by atoms with Gasteiger partial charge < -0.3 is 5.11 Å². The average Bonchev–Trinajstić information content (AvgIpc) is 2.75. The Kier molecular flexibility index (Phi) is 3.79. The first-order valence-corrected chi connectivity index (χ1v) is 7.40. The molecule has 0 saturated heterocycles. The number of thiazole rings is 1. The monoisotopic (exact) mass is 317 g/mol. The van der Waals surface area contributed by atoms with Crippen LogP contribution in [0.2, 0.25) is 0 Å². The van der Waals surface area contributed by atoms with Gasteiger partial charge >= 0.3 is 0 Å². The van der Waals surface area contributed by atoms with E-state index in [1.807, 2.05) is 18.4 Å². The Morgan fingerprint density at radius 3 is 2.75 bits per heavy atom. The van der Waals surface area contributed by atoms with Crippen LogP contribution in [0.1, 0.15) is 27.2 Å². The summed E-state index contributed by atoms with van der Waals surface area (Å²) in [7, 11) is 0. The van der Waals surface area contributed by atoms with E-state index in [1.54, 1.807) is 22.7 Å². The topological polar surface area (TPSA) is 33.1 Å². The van der Waals surface area contributed by atoms with Crippen LogP contribution in [0.5, 0.6) is 0 Å². The highest BCUT2D eigenvalue weighted by atomic mass is 79.9. The maximum absolute atomic E-state index is 10.0. The number of thiophene rings is 1. The molecule has 0 aliphatic heterocycles. The number of nitrogens with zero attached hydrogens (tertiary/aromatic N) is 1. The van der Waals surface area contributed by atoms with Gasteiger partial charge in [-0.1, -0.05) is 0 Å². The standard InChI is InChI=1S/C11H12BrNOS2/c1-6-7(2)16-11(13-6)4-9(14)8-3-10(12)15-5-8/h3,5,9,14H,4H2,1-2H3. The molecule has 0 aliphatic carbocycles. The number of hydrogen-bond donors (Lipinski definition) is 1. The van der Waals surface area contributed by atoms with Crippen molar-refractivity contribution < 1.29 is 5.11 Å². The predicted octanol–water partition coefficient (Wildman–Crippen LogP) is 3.86. The van der Waals surface area contributed by atoms with E-state index in [1.165, 1.54) is 4.88 Å². The zero-order valence-corrected chi connectivity index (χ0v) is 12.2. The molecule has 2 heterocycles. The number of hydrogen-bond acceptors (Lipinski definition) is 4. The normalized spacial score (nSPS) is 13.0. The fourth-order valence-corrected chi connectivity index (χ4v) is 3.60. The average molecular weight is 318 g/mol. The molecule has 2 nitrogen and oxygen atoms in total. The molecule has 0 fully saturated rings. The Hall–Kier alpha value is -0.230. The molecular weight excluding hydrogens is 306 g/mol. The van der Waals surface area contributed by atoms with Gasteiger partial charge in [0.2, 0.25) is 0 Å². The quantitative estimate of drug-likeness (QED) is 0.932. The van der Waals surface area contributed by atoms with Gasteiger partial charge in [-0.15, -0.1) is 22.7 Å². The molecule has 5 heteroatoms. The van der Waals surface area contributed by atoms with Crippen molar-refractivity contribution in [2.75, 3.05) is 0 Å². The van der Waals surface area contributed by atoms with Crippen molar-refractivity contribution >= 4 is 38.6 Å². The molecule has 2 aromatic heterocycles. The number of rotatable bonds is 3. The van der Waals surface area contributed by atoms with Crippen molar-refractivity contribution in [3.8, 4) is 0 Å². The molecular formula is C11H12BrNOS2. The van der Waals surface area contributed by atoms with Gasteiger partial charge in [0.25, 0.3) is 0 Å². The van der Waals surface area contributed by atoms with Gasteiger partial charge in [-0.2, -0.15) is 0 Å². The fraction of sp³-hybridized carbons (Fsp3) is 0.364. The second-order valence-electron chi connectivity index (χ2n) is 3.65. The zero-order valence-electron chi connectivity index (χ0n) is 9.03. The molecule has 0 bridgehead atoms. The third-order valence-corrected chi connectivity index (χ3v) is 5.03. The predicted molar refractivity (Wildman–Crippen MR) is 72.3 cm³/mol. The number of halogens is 1. The van der Waals surface area contributed by atoms with Gasteiger partial charge in [-0.3, -0.25) is 0 Å². The lowest BCUT2D eigenvalue weighted by Gasteiger charge is -2.05. The summed E-state index contributed by atoms with van der Waals surface area (Å²) in [6.45, 7) is 4.06. The Morgan fingerprint density at radius 2 is 2.25 bits per heavy atom. The zero-order chi connectivity index (χ0) is 11.7. The summed E-state index contributed by atoms with van der Waals surface area (Å²) in [5.74, 6) is 0. The van der Waals surface area contributed by atoms with Crippen LogP contribution < -0.4 is 0 Å². The highest BCUT2D eigenvalue weighted by molar-refractivity contribution is 9.11. The summed E-state index contributed by atoms with van der Waals surface area (Å²) in [6.07, 6.45) is 0.148. The number of aliphatic hydroxyl groups is 1. The number of aromatic nitrogens is 1. The van der Waals surface area contributed by atoms with Gasteiger partial charge in [0.15, 0.2) is 0 Å². The molecule has 0 radical (unpaired) electrons. The number of aryl methyl sites for hydroxylation is 2. The van der Waals surface area contributed by atoms with E-state index in [0.29, 0.717) is 6.42 Å². The molecule has 0 amide bonds. The minimum Gasteiger partial charge on any atom is -0.388 e. The van der Waals surface area contributed by atoms with Crippen molar-refractivity contribution in [2.45, 2.75) is 26.4 Å². The summed E-state index contributed by atoms with van der Waals surface area (Å²) in [5, 5.41) is 13.0. The van der Waals surface area contributed by atoms with Crippen LogP contribution in [0.3, 0.4) is 0 Å². The molecule has 1 N–H and O–H groups in total. The summed E-state index contributed by atoms with van der Waals surface area (Å²) >= 11 is 6.65. The van der Waals surface area contributed by atoms with Gasteiger partial charge in [0.05, 0.1) is 20.6 Å². The van der Waals surface area contributed by atoms with Gasteiger partial charge in [0, 0.05) is 11.3 Å². The first-order chi connectivity index (χ1) is 7.56. The summed E-state index contributed by atoms with van der Waals surface area (Å²) in [6, 6.07) is 1.96. The molecule has 0 aromatic carbocycles. The van der Waals surface area contributed by atoms with E-state index >= 15 is 0 Å². The molecule has 1 atom stereocenters. The van der Waals surface area contributed by atoms with Crippen molar-refractivity contribution in [3.05, 3.63) is 36.4 Å². The SMILES string of the molecule is Cc1nc(CC(O)c2csc(Br)c2)sc1C. The van der Waals surface area contributed by atoms with Crippen LogP contribution in [-0.2, 0) is 6.42 Å². The van der Waals surface area contributed by atoms with Crippen LogP contribution in [0.15, 0.2) is 15.2 Å². The first-order valence-electron chi connectivity index (χ1n) is 4.91. The second kappa shape index (κ2) is 4.96. The van der Waals surface area contributed by atoms with Crippen molar-refractivity contribution in [1.82, 2.24) is 4.98 Å². The number of aliphatic hydroxyl groups excluding tert-OH is 1. The van der Waals surface area contributed by atoms with Crippen molar-refractivity contribution in [3.63, 3.8) is 0 Å². The van der Waals surface area contributed by atoms with E-state index in [9.17, 15) is 5.11 Å². The minimum atomic E-state index is -0.451. The highest BCUT2D eigenvalue weighted by Crippen LogP contribution is 2.28. The fourth-order valence-electron chi connectivity index (χ4n) is 1.41. The molecule has 2 aromatic rings. The molecule has 16 heavy (non-hydrogen) atoms. The maximum Gasteiger partial charge on any atom is 0.0960 e. The largest absolute Gasteiger partial charge is 0.388 e. The van der Waals surface area contributed by atoms with E-state index in [2.05, 4.69) is 27.8 Å². The van der Waals surface area contributed by atoms with Crippen molar-refractivity contribution in [2.24, 2.45) is 0 Å². The van der Waals surface area contributed by atoms with Crippen LogP contribution in [0.25, 0.3) is 0 Å². The van der Waals surface area contributed by atoms with Gasteiger partial charge in [0.1, 0.15) is 0 Å². The van der Waals surface area contributed by atoms with Gasteiger partial charge in [-0.25, -0.2) is 4.98 Å². The molecule has 2 rings (SSSR count). The van der Waals surface area contributed by atoms with Crippen LogP contribution in [0.4, 0.5) is 0 Å². The minimum absolute atomic E-state index is 0.451. The molecule has 0 aliphatic rings. The van der Waals surface area contributed by atoms with Crippen LogP contribution in [-0.4, -0.2) is 10.1 Å². The molecule has 0 spiro atoms. The molecule has 0 saturated carbocycles. The lowest BCUT2D eigenvalue weighted by molar-refractivity contribution is 0.179. The summed E-state index contributed by atoms with van der Waals surface area (Å²) in [4.78, 5) is 5.66. The highest BCUT2D eigenvalue weighted by Gasteiger charge is 2.13. The molecule has 1 unspecified atom stereocenters. The lowest BCUT2D eigenvalue weighted by atomic mass is 10.1. The Bertz CT molecular complexity index is 472. The van der Waals surface area contributed by atoms with Crippen LogP contribution in [0, 0.1) is 13.8 Å². The Labute approximate surface area is 111 Å². The van der Waals surface area contributed by atoms with Crippen molar-refractivity contribution in [1.29, 1.82) is 0 Å². The summed E-state index contributed by atoms with van der Waals surface area (Å²) < 4.78 is 1.05. The first kappa shape index (κ1) is 12.2. The summed E-state index contributed by atoms with van der Waals surface area (Å²) in [5.41, 5.74) is 2.03. The van der Waals surface area contributed by atoms with E-state index in [-0.39, 0.29) is 0 Å². The lowest BCUT2D eigenvalue weighted by Crippen LogP contribution is -1.99. The second-order valence-corrected chi connectivity index (χ2v) is 7.23. The Balaban J connectivity index is 2.10. The smallest absolute Gasteiger partial charge is 0.0960 e. The Morgan fingerprint density at radius 1 is 1.50 bits per heavy atom. The molecule has 86 valence electrons. The third-order valence-electron chi connectivity index (χ3n) is 2.41. The van der Waals surface area contributed by atoms with Gasteiger partial charge in [-0.05, 0) is 46.8 Å². The maximum atomic E-state index is 10.0. The van der Waals surface area contributed by atoms with E-state index in [4.69, 9.17) is 0 Å². The third kappa shape index (κ3) is 2.71. The van der Waals surface area contributed by atoms with E-state index in [0.717, 1.165) is 20.1 Å². The van der Waals surface area contributed by atoms with Crippen LogP contribution >= 0.6 is 38.6 Å². The van der Waals surface area contributed by atoms with E-state index < -0.39 is 6.10 Å².